The molecule has 1 aliphatic rings. The van der Waals surface area contributed by atoms with Crippen LogP contribution in [0, 0.1) is 24.7 Å². The van der Waals surface area contributed by atoms with Crippen LogP contribution in [0.5, 0.6) is 0 Å². The minimum absolute atomic E-state index is 0.265. The third-order valence-corrected chi connectivity index (χ3v) is 4.71. The molecule has 1 aliphatic carbocycles. The molecule has 0 amide bonds. The summed E-state index contributed by atoms with van der Waals surface area (Å²) in [4.78, 5) is 0. The predicted octanol–water partition coefficient (Wildman–Crippen LogP) is 4.49. The minimum Gasteiger partial charge on any atom is -0.388 e. The molecule has 0 spiro atoms. The van der Waals surface area contributed by atoms with E-state index in [0.29, 0.717) is 5.92 Å². The van der Waals surface area contributed by atoms with Crippen molar-refractivity contribution in [1.29, 1.82) is 0 Å². The van der Waals surface area contributed by atoms with Crippen molar-refractivity contribution in [3.05, 3.63) is 35.4 Å². The first kappa shape index (κ1) is 13.6. The molecule has 0 bridgehead atoms. The van der Waals surface area contributed by atoms with Gasteiger partial charge in [-0.25, -0.2) is 0 Å². The lowest BCUT2D eigenvalue weighted by Crippen LogP contribution is -2.23. The third kappa shape index (κ3) is 2.95. The van der Waals surface area contributed by atoms with Gasteiger partial charge in [-0.1, -0.05) is 38.1 Å². The van der Waals surface area contributed by atoms with Gasteiger partial charge >= 0.3 is 0 Å². The van der Waals surface area contributed by atoms with Crippen LogP contribution in [-0.2, 0) is 0 Å². The van der Waals surface area contributed by atoms with Gasteiger partial charge in [-0.3, -0.25) is 0 Å². The van der Waals surface area contributed by atoms with Gasteiger partial charge < -0.3 is 5.11 Å². The normalized spacial score (nSPS) is 26.3. The van der Waals surface area contributed by atoms with Crippen LogP contribution in [0.4, 0.5) is 0 Å². The highest BCUT2D eigenvalue weighted by atomic mass is 16.3. The van der Waals surface area contributed by atoms with Gasteiger partial charge in [0.1, 0.15) is 0 Å². The van der Waals surface area contributed by atoms with Crippen LogP contribution in [-0.4, -0.2) is 5.11 Å². The Bertz CT molecular complexity index is 375. The number of hydrogen-bond donors (Lipinski definition) is 1. The predicted molar refractivity (Wildman–Crippen MR) is 76.4 cm³/mol. The molecule has 0 saturated heterocycles. The minimum atomic E-state index is -0.265. The van der Waals surface area contributed by atoms with Crippen LogP contribution >= 0.6 is 0 Å². The number of aliphatic hydroxyl groups excluding tert-OH is 1. The Kier molecular flexibility index (Phi) is 4.45. The Balaban J connectivity index is 2.00. The molecule has 1 atom stereocenters. The molecular formula is C17H26O. The van der Waals surface area contributed by atoms with E-state index in [9.17, 15) is 5.11 Å². The summed E-state index contributed by atoms with van der Waals surface area (Å²) in [6, 6.07) is 8.25. The fourth-order valence-corrected chi connectivity index (χ4v) is 3.30. The average molecular weight is 246 g/mol. The van der Waals surface area contributed by atoms with E-state index in [2.05, 4.69) is 32.9 Å². The fraction of sp³-hybridized carbons (Fsp3) is 0.647. The van der Waals surface area contributed by atoms with E-state index in [1.807, 2.05) is 12.1 Å². The van der Waals surface area contributed by atoms with Gasteiger partial charge in [-0.05, 0) is 61.5 Å². The maximum atomic E-state index is 10.6. The lowest BCUT2D eigenvalue weighted by Gasteiger charge is -2.33. The van der Waals surface area contributed by atoms with Crippen LogP contribution in [0.1, 0.15) is 56.8 Å². The van der Waals surface area contributed by atoms with E-state index in [4.69, 9.17) is 0 Å². The topological polar surface area (TPSA) is 20.2 Å². The quantitative estimate of drug-likeness (QED) is 0.833. The summed E-state index contributed by atoms with van der Waals surface area (Å²) < 4.78 is 0. The molecule has 1 nitrogen and oxygen atoms in total. The maximum absolute atomic E-state index is 10.6. The Morgan fingerprint density at radius 1 is 1.00 bits per heavy atom. The molecule has 0 aromatic heterocycles. The molecule has 100 valence electrons. The van der Waals surface area contributed by atoms with Crippen molar-refractivity contribution in [2.24, 2.45) is 17.8 Å². The van der Waals surface area contributed by atoms with Crippen LogP contribution in [0.2, 0.25) is 0 Å². The van der Waals surface area contributed by atoms with Crippen molar-refractivity contribution in [2.45, 2.75) is 52.6 Å². The second kappa shape index (κ2) is 5.88. The zero-order chi connectivity index (χ0) is 13.1. The maximum Gasteiger partial charge on any atom is 0.0820 e. The van der Waals surface area contributed by atoms with E-state index in [1.165, 1.54) is 31.2 Å². The Morgan fingerprint density at radius 2 is 1.56 bits per heavy atom. The van der Waals surface area contributed by atoms with Gasteiger partial charge in [0.05, 0.1) is 6.10 Å². The summed E-state index contributed by atoms with van der Waals surface area (Å²) in [5, 5.41) is 10.6. The summed E-state index contributed by atoms with van der Waals surface area (Å²) in [7, 11) is 0. The van der Waals surface area contributed by atoms with Gasteiger partial charge in [0.25, 0.3) is 0 Å². The van der Waals surface area contributed by atoms with Crippen molar-refractivity contribution in [3.8, 4) is 0 Å². The molecular weight excluding hydrogens is 220 g/mol. The van der Waals surface area contributed by atoms with E-state index in [1.54, 1.807) is 0 Å². The van der Waals surface area contributed by atoms with E-state index in [-0.39, 0.29) is 6.10 Å². The molecule has 2 rings (SSSR count). The van der Waals surface area contributed by atoms with Crippen molar-refractivity contribution < 1.29 is 5.11 Å². The van der Waals surface area contributed by atoms with E-state index < -0.39 is 0 Å². The van der Waals surface area contributed by atoms with Crippen LogP contribution < -0.4 is 0 Å². The first-order valence-electron chi connectivity index (χ1n) is 7.33. The van der Waals surface area contributed by atoms with Crippen LogP contribution in [0.3, 0.4) is 0 Å². The van der Waals surface area contributed by atoms with Gasteiger partial charge in [0.15, 0.2) is 0 Å². The fourth-order valence-electron chi connectivity index (χ4n) is 3.30. The van der Waals surface area contributed by atoms with E-state index in [0.717, 1.165) is 17.4 Å². The Hall–Kier alpha value is -0.820. The SMILES string of the molecule is Cc1ccccc1C(O)C1CCC(C(C)C)CC1. The molecule has 1 aromatic carbocycles. The van der Waals surface area contributed by atoms with Gasteiger partial charge in [0, 0.05) is 0 Å². The molecule has 1 aromatic rings. The number of aliphatic hydroxyl groups is 1. The van der Waals surface area contributed by atoms with Crippen molar-refractivity contribution in [1.82, 2.24) is 0 Å². The Labute approximate surface area is 111 Å². The van der Waals surface area contributed by atoms with Gasteiger partial charge in [0.2, 0.25) is 0 Å². The average Bonchev–Trinajstić information content (AvgIpc) is 2.38. The summed E-state index contributed by atoms with van der Waals surface area (Å²) in [5.74, 6) is 2.12. The van der Waals surface area contributed by atoms with Crippen molar-refractivity contribution in [3.63, 3.8) is 0 Å². The lowest BCUT2D eigenvalue weighted by atomic mass is 9.74. The second-order valence-electron chi connectivity index (χ2n) is 6.22. The standard InChI is InChI=1S/C17H26O/c1-12(2)14-8-10-15(11-9-14)17(18)16-7-5-4-6-13(16)3/h4-7,12,14-15,17-18H,8-11H2,1-3H3. The molecule has 1 fully saturated rings. The molecule has 1 saturated carbocycles. The largest absolute Gasteiger partial charge is 0.388 e. The monoisotopic (exact) mass is 246 g/mol. The number of hydrogen-bond acceptors (Lipinski definition) is 1. The van der Waals surface area contributed by atoms with Gasteiger partial charge in [-0.2, -0.15) is 0 Å². The Morgan fingerprint density at radius 3 is 2.11 bits per heavy atom. The smallest absolute Gasteiger partial charge is 0.0820 e. The van der Waals surface area contributed by atoms with Gasteiger partial charge in [-0.15, -0.1) is 0 Å². The highest BCUT2D eigenvalue weighted by Crippen LogP contribution is 2.39. The zero-order valence-electron chi connectivity index (χ0n) is 11.9. The molecule has 1 unspecified atom stereocenters. The molecule has 1 heteroatoms. The molecule has 1 N–H and O–H groups in total. The highest BCUT2D eigenvalue weighted by Gasteiger charge is 2.28. The third-order valence-electron chi connectivity index (χ3n) is 4.71. The molecule has 0 aliphatic heterocycles. The van der Waals surface area contributed by atoms with Crippen LogP contribution in [0.15, 0.2) is 24.3 Å². The summed E-state index contributed by atoms with van der Waals surface area (Å²) in [6.45, 7) is 6.74. The first-order valence-corrected chi connectivity index (χ1v) is 7.33. The summed E-state index contributed by atoms with van der Waals surface area (Å²) >= 11 is 0. The number of benzene rings is 1. The van der Waals surface area contributed by atoms with Crippen molar-refractivity contribution in [2.75, 3.05) is 0 Å². The molecule has 0 heterocycles. The highest BCUT2D eigenvalue weighted by molar-refractivity contribution is 5.28. The van der Waals surface area contributed by atoms with E-state index >= 15 is 0 Å². The van der Waals surface area contributed by atoms with Crippen LogP contribution in [0.25, 0.3) is 0 Å². The molecule has 0 radical (unpaired) electrons. The number of rotatable bonds is 3. The summed E-state index contributed by atoms with van der Waals surface area (Å²) in [6.07, 6.45) is 4.66. The van der Waals surface area contributed by atoms with Crippen molar-refractivity contribution >= 4 is 0 Å². The second-order valence-corrected chi connectivity index (χ2v) is 6.22. The first-order chi connectivity index (χ1) is 8.59. The number of aryl methyl sites for hydroxylation is 1. The summed E-state index contributed by atoms with van der Waals surface area (Å²) in [5.41, 5.74) is 2.35. The molecule has 18 heavy (non-hydrogen) atoms. The lowest BCUT2D eigenvalue weighted by molar-refractivity contribution is 0.0663. The zero-order valence-corrected chi connectivity index (χ0v) is 11.9.